The first-order valence-corrected chi connectivity index (χ1v) is 7.98. The van der Waals surface area contributed by atoms with Crippen LogP contribution in [0.2, 0.25) is 0 Å². The number of hydrogen-bond acceptors (Lipinski definition) is 3. The first-order chi connectivity index (χ1) is 8.85. The van der Waals surface area contributed by atoms with E-state index in [9.17, 15) is 0 Å². The summed E-state index contributed by atoms with van der Waals surface area (Å²) in [5.41, 5.74) is 1.44. The van der Waals surface area contributed by atoms with E-state index in [0.29, 0.717) is 0 Å². The molecular weight excluding hydrogens is 242 g/mol. The van der Waals surface area contributed by atoms with Gasteiger partial charge in [0, 0.05) is 17.8 Å². The van der Waals surface area contributed by atoms with Gasteiger partial charge in [-0.05, 0) is 48.6 Å². The first kappa shape index (κ1) is 12.4. The lowest BCUT2D eigenvalue weighted by Crippen LogP contribution is -2.45. The summed E-state index contributed by atoms with van der Waals surface area (Å²) >= 11 is 2.08. The third-order valence-corrected chi connectivity index (χ3v) is 5.27. The van der Waals surface area contributed by atoms with Crippen molar-refractivity contribution in [2.75, 3.05) is 18.6 Å². The zero-order valence-electron chi connectivity index (χ0n) is 10.9. The summed E-state index contributed by atoms with van der Waals surface area (Å²) in [5, 5.41) is 3.79. The fourth-order valence-electron chi connectivity index (χ4n) is 2.92. The maximum Gasteiger partial charge on any atom is 0.119 e. The van der Waals surface area contributed by atoms with E-state index in [1.165, 1.54) is 36.3 Å². The van der Waals surface area contributed by atoms with Crippen molar-refractivity contribution in [3.8, 4) is 5.75 Å². The van der Waals surface area contributed by atoms with Gasteiger partial charge < -0.3 is 10.1 Å². The monoisotopic (exact) mass is 263 g/mol. The van der Waals surface area contributed by atoms with Gasteiger partial charge in [0.2, 0.25) is 0 Å². The molecular formula is C15H21NOS. The predicted octanol–water partition coefficient (Wildman–Crippen LogP) is 3.04. The molecule has 1 atom stereocenters. The summed E-state index contributed by atoms with van der Waals surface area (Å²) in [7, 11) is 1.74. The molecule has 2 nitrogen and oxygen atoms in total. The average Bonchev–Trinajstić information content (AvgIpc) is 2.86. The van der Waals surface area contributed by atoms with Crippen molar-refractivity contribution in [3.05, 3.63) is 29.8 Å². The van der Waals surface area contributed by atoms with Crippen molar-refractivity contribution in [1.82, 2.24) is 5.32 Å². The van der Waals surface area contributed by atoms with Gasteiger partial charge in [-0.25, -0.2) is 0 Å². The van der Waals surface area contributed by atoms with Crippen molar-refractivity contribution < 1.29 is 4.74 Å². The quantitative estimate of drug-likeness (QED) is 0.902. The second-order valence-corrected chi connectivity index (χ2v) is 6.52. The highest BCUT2D eigenvalue weighted by Gasteiger charge is 2.32. The van der Waals surface area contributed by atoms with E-state index in [-0.39, 0.29) is 0 Å². The average molecular weight is 263 g/mol. The molecule has 18 heavy (non-hydrogen) atoms. The molecule has 98 valence electrons. The minimum atomic E-state index is 0.728. The summed E-state index contributed by atoms with van der Waals surface area (Å²) in [6.07, 6.45) is 3.92. The van der Waals surface area contributed by atoms with E-state index in [2.05, 4.69) is 35.3 Å². The molecule has 0 aromatic heterocycles. The van der Waals surface area contributed by atoms with Crippen LogP contribution in [0.4, 0.5) is 0 Å². The molecule has 0 spiro atoms. The Morgan fingerprint density at radius 3 is 2.89 bits per heavy atom. The molecule has 1 N–H and O–H groups in total. The molecule has 1 aromatic rings. The van der Waals surface area contributed by atoms with Gasteiger partial charge in [-0.3, -0.25) is 0 Å². The molecule has 3 heteroatoms. The Balaban J connectivity index is 1.51. The Hall–Kier alpha value is -0.670. The van der Waals surface area contributed by atoms with Crippen molar-refractivity contribution in [2.24, 2.45) is 0 Å². The number of benzene rings is 1. The number of methoxy groups -OCH3 is 1. The minimum Gasteiger partial charge on any atom is -0.497 e. The zero-order valence-corrected chi connectivity index (χ0v) is 11.7. The molecule has 2 fully saturated rings. The molecule has 0 bridgehead atoms. The van der Waals surface area contributed by atoms with Gasteiger partial charge in [0.1, 0.15) is 5.75 Å². The van der Waals surface area contributed by atoms with E-state index < -0.39 is 0 Å². The standard InChI is InChI=1S/C15H21NOS/c1-17-15-4-2-3-11(9-15)12-7-14(8-12)16-13-5-6-18-10-13/h2-4,9,12-14,16H,5-8,10H2,1H3. The molecule has 1 aliphatic carbocycles. The Bertz CT molecular complexity index is 397. The third-order valence-electron chi connectivity index (χ3n) is 4.10. The van der Waals surface area contributed by atoms with Crippen molar-refractivity contribution in [3.63, 3.8) is 0 Å². The topological polar surface area (TPSA) is 21.3 Å². The van der Waals surface area contributed by atoms with Crippen LogP contribution in [0.3, 0.4) is 0 Å². The van der Waals surface area contributed by atoms with E-state index in [1.807, 2.05) is 6.07 Å². The summed E-state index contributed by atoms with van der Waals surface area (Å²) in [4.78, 5) is 0. The predicted molar refractivity (Wildman–Crippen MR) is 77.6 cm³/mol. The zero-order chi connectivity index (χ0) is 12.4. The highest BCUT2D eigenvalue weighted by Crippen LogP contribution is 2.38. The van der Waals surface area contributed by atoms with Crippen molar-refractivity contribution >= 4 is 11.8 Å². The molecule has 3 rings (SSSR count). The van der Waals surface area contributed by atoms with Crippen LogP contribution in [0.5, 0.6) is 5.75 Å². The molecule has 0 radical (unpaired) electrons. The molecule has 1 heterocycles. The molecule has 1 saturated heterocycles. The van der Waals surface area contributed by atoms with Gasteiger partial charge >= 0.3 is 0 Å². The van der Waals surface area contributed by atoms with Gasteiger partial charge in [-0.15, -0.1) is 0 Å². The van der Waals surface area contributed by atoms with Crippen LogP contribution >= 0.6 is 11.8 Å². The highest BCUT2D eigenvalue weighted by molar-refractivity contribution is 7.99. The Labute approximate surface area is 113 Å². The smallest absolute Gasteiger partial charge is 0.119 e. The highest BCUT2D eigenvalue weighted by atomic mass is 32.2. The van der Waals surface area contributed by atoms with Gasteiger partial charge in [-0.1, -0.05) is 12.1 Å². The first-order valence-electron chi connectivity index (χ1n) is 6.83. The minimum absolute atomic E-state index is 0.728. The number of thioether (sulfide) groups is 1. The maximum absolute atomic E-state index is 5.29. The van der Waals surface area contributed by atoms with Gasteiger partial charge in [0.05, 0.1) is 7.11 Å². The molecule has 1 aromatic carbocycles. The number of nitrogens with one attached hydrogen (secondary N) is 1. The molecule has 1 unspecified atom stereocenters. The summed E-state index contributed by atoms with van der Waals surface area (Å²) in [5.74, 6) is 4.35. The fourth-order valence-corrected chi connectivity index (χ4v) is 4.09. The second-order valence-electron chi connectivity index (χ2n) is 5.37. The number of ether oxygens (including phenoxy) is 1. The van der Waals surface area contributed by atoms with Gasteiger partial charge in [0.15, 0.2) is 0 Å². The lowest BCUT2D eigenvalue weighted by atomic mass is 9.75. The van der Waals surface area contributed by atoms with Gasteiger partial charge in [-0.2, -0.15) is 11.8 Å². The summed E-state index contributed by atoms with van der Waals surface area (Å²) < 4.78 is 5.29. The number of hydrogen-bond donors (Lipinski definition) is 1. The van der Waals surface area contributed by atoms with Crippen LogP contribution in [0.25, 0.3) is 0 Å². The van der Waals surface area contributed by atoms with Crippen LogP contribution in [0.15, 0.2) is 24.3 Å². The normalized spacial score (nSPS) is 31.1. The summed E-state index contributed by atoms with van der Waals surface area (Å²) in [6.45, 7) is 0. The van der Waals surface area contributed by atoms with Crippen LogP contribution in [-0.2, 0) is 0 Å². The molecule has 0 amide bonds. The Kier molecular flexibility index (Phi) is 3.80. The lowest BCUT2D eigenvalue weighted by molar-refractivity contribution is 0.270. The third kappa shape index (κ3) is 2.67. The van der Waals surface area contributed by atoms with Crippen molar-refractivity contribution in [1.29, 1.82) is 0 Å². The number of rotatable bonds is 4. The second kappa shape index (κ2) is 5.54. The molecule has 1 aliphatic heterocycles. The van der Waals surface area contributed by atoms with Crippen LogP contribution in [0, 0.1) is 0 Å². The SMILES string of the molecule is COc1cccc(C2CC(NC3CCSC3)C2)c1. The molecule has 2 aliphatic rings. The Morgan fingerprint density at radius 1 is 1.28 bits per heavy atom. The van der Waals surface area contributed by atoms with Crippen molar-refractivity contribution in [2.45, 2.75) is 37.3 Å². The molecule has 1 saturated carbocycles. The van der Waals surface area contributed by atoms with E-state index in [1.54, 1.807) is 7.11 Å². The van der Waals surface area contributed by atoms with E-state index >= 15 is 0 Å². The largest absolute Gasteiger partial charge is 0.497 e. The van der Waals surface area contributed by atoms with E-state index in [0.717, 1.165) is 23.8 Å². The fraction of sp³-hybridized carbons (Fsp3) is 0.600. The van der Waals surface area contributed by atoms with Crippen LogP contribution < -0.4 is 10.1 Å². The maximum atomic E-state index is 5.29. The van der Waals surface area contributed by atoms with Crippen LogP contribution in [0.1, 0.15) is 30.7 Å². The lowest BCUT2D eigenvalue weighted by Gasteiger charge is -2.38. The van der Waals surface area contributed by atoms with Gasteiger partial charge in [0.25, 0.3) is 0 Å². The summed E-state index contributed by atoms with van der Waals surface area (Å²) in [6, 6.07) is 10.0. The van der Waals surface area contributed by atoms with E-state index in [4.69, 9.17) is 4.74 Å². The Morgan fingerprint density at radius 2 is 2.17 bits per heavy atom. The van der Waals surface area contributed by atoms with Crippen LogP contribution in [-0.4, -0.2) is 30.7 Å².